The number of piperidine rings is 1. The molecule has 24 heavy (non-hydrogen) atoms. The molecule has 0 spiro atoms. The van der Waals surface area contributed by atoms with Crippen molar-refractivity contribution >= 4 is 15.9 Å². The van der Waals surface area contributed by atoms with E-state index in [0.29, 0.717) is 25.9 Å². The average molecular weight is 353 g/mol. The lowest BCUT2D eigenvalue weighted by Gasteiger charge is -2.33. The third-order valence-corrected chi connectivity index (χ3v) is 5.83. The molecule has 1 amide bonds. The molecule has 1 N–H and O–H groups in total. The highest BCUT2D eigenvalue weighted by Crippen LogP contribution is 2.21. The van der Waals surface area contributed by atoms with Crippen LogP contribution in [0.4, 0.5) is 0 Å². The lowest BCUT2D eigenvalue weighted by atomic mass is 9.91. The van der Waals surface area contributed by atoms with Crippen LogP contribution in [0.1, 0.15) is 37.8 Å². The Morgan fingerprint density at radius 2 is 1.75 bits per heavy atom. The second-order valence-corrected chi connectivity index (χ2v) is 9.45. The summed E-state index contributed by atoms with van der Waals surface area (Å²) in [5.41, 5.74) is 2.08. The molecule has 0 unspecified atom stereocenters. The summed E-state index contributed by atoms with van der Waals surface area (Å²) < 4.78 is 24.5. The van der Waals surface area contributed by atoms with Crippen molar-refractivity contribution in [3.8, 4) is 0 Å². The molecule has 2 rings (SSSR count). The van der Waals surface area contributed by atoms with Crippen molar-refractivity contribution < 1.29 is 13.2 Å². The maximum atomic E-state index is 12.5. The molecule has 1 fully saturated rings. The topological polar surface area (TPSA) is 66.5 Å². The number of hydrogen-bond donors (Lipinski definition) is 1. The number of benzene rings is 1. The predicted octanol–water partition coefficient (Wildman–Crippen LogP) is 2.10. The molecule has 6 heteroatoms. The van der Waals surface area contributed by atoms with Crippen LogP contribution in [0.3, 0.4) is 0 Å². The molecule has 1 aromatic carbocycles. The summed E-state index contributed by atoms with van der Waals surface area (Å²) in [6.45, 7) is 6.96. The van der Waals surface area contributed by atoms with Gasteiger partial charge >= 0.3 is 0 Å². The summed E-state index contributed by atoms with van der Waals surface area (Å²) in [7, 11) is -3.15. The van der Waals surface area contributed by atoms with Crippen molar-refractivity contribution in [2.75, 3.05) is 19.3 Å². The number of carbonyl (C=O) groups excluding carboxylic acids is 1. The number of carbonyl (C=O) groups is 1. The number of nitrogens with one attached hydrogen (secondary N) is 1. The van der Waals surface area contributed by atoms with Gasteiger partial charge < -0.3 is 5.32 Å². The van der Waals surface area contributed by atoms with Crippen LogP contribution in [0.5, 0.6) is 0 Å². The van der Waals surface area contributed by atoms with Gasteiger partial charge in [-0.3, -0.25) is 4.79 Å². The minimum atomic E-state index is -3.15. The van der Waals surface area contributed by atoms with E-state index in [1.165, 1.54) is 21.7 Å². The summed E-state index contributed by atoms with van der Waals surface area (Å²) in [5.74, 6) is -0.0828. The molecule has 0 atom stereocenters. The van der Waals surface area contributed by atoms with Gasteiger partial charge in [0.15, 0.2) is 0 Å². The minimum absolute atomic E-state index is 0.0280. The van der Waals surface area contributed by atoms with E-state index in [0.717, 1.165) is 6.42 Å². The quantitative estimate of drug-likeness (QED) is 0.882. The first-order chi connectivity index (χ1) is 11.1. The van der Waals surface area contributed by atoms with E-state index >= 15 is 0 Å². The van der Waals surface area contributed by atoms with Gasteiger partial charge in [0, 0.05) is 24.5 Å². The Morgan fingerprint density at radius 3 is 2.25 bits per heavy atom. The highest BCUT2D eigenvalue weighted by Gasteiger charge is 2.31. The van der Waals surface area contributed by atoms with Gasteiger partial charge in [-0.1, -0.05) is 29.8 Å². The molecule has 134 valence electrons. The van der Waals surface area contributed by atoms with Gasteiger partial charge in [0.1, 0.15) is 0 Å². The number of aryl methyl sites for hydroxylation is 1. The Morgan fingerprint density at radius 1 is 1.21 bits per heavy atom. The summed E-state index contributed by atoms with van der Waals surface area (Å²) in [6.07, 6.45) is 3.15. The normalized spacial score (nSPS) is 17.7. The van der Waals surface area contributed by atoms with Gasteiger partial charge in [0.2, 0.25) is 15.9 Å². The van der Waals surface area contributed by atoms with Gasteiger partial charge in [0.25, 0.3) is 0 Å². The van der Waals surface area contributed by atoms with Gasteiger partial charge in [-0.2, -0.15) is 0 Å². The Kier molecular flexibility index (Phi) is 5.71. The fourth-order valence-corrected chi connectivity index (χ4v) is 4.02. The number of nitrogens with zero attached hydrogens (tertiary/aromatic N) is 1. The molecule has 1 aromatic rings. The molecule has 0 aliphatic carbocycles. The maximum Gasteiger partial charge on any atom is 0.223 e. The molecular formula is C18H28N2O3S. The van der Waals surface area contributed by atoms with Crippen LogP contribution in [0.25, 0.3) is 0 Å². The Balaban J connectivity index is 1.90. The van der Waals surface area contributed by atoms with Crippen LogP contribution in [0.15, 0.2) is 24.3 Å². The van der Waals surface area contributed by atoms with E-state index in [1.807, 2.05) is 13.8 Å². The molecular weight excluding hydrogens is 324 g/mol. The molecule has 0 aromatic heterocycles. The van der Waals surface area contributed by atoms with Crippen LogP contribution in [0.2, 0.25) is 0 Å². The van der Waals surface area contributed by atoms with E-state index in [4.69, 9.17) is 0 Å². The summed E-state index contributed by atoms with van der Waals surface area (Å²) in [6, 6.07) is 8.34. The molecule has 5 nitrogen and oxygen atoms in total. The minimum Gasteiger partial charge on any atom is -0.351 e. The van der Waals surface area contributed by atoms with Gasteiger partial charge in [0.05, 0.1) is 6.26 Å². The summed E-state index contributed by atoms with van der Waals surface area (Å²) in [5, 5.41) is 3.14. The smallest absolute Gasteiger partial charge is 0.223 e. The molecule has 0 bridgehead atoms. The van der Waals surface area contributed by atoms with Crippen molar-refractivity contribution in [2.24, 2.45) is 5.92 Å². The second-order valence-electron chi connectivity index (χ2n) is 7.47. The Bertz CT molecular complexity index is 673. The van der Waals surface area contributed by atoms with E-state index in [2.05, 4.69) is 36.5 Å². The second kappa shape index (κ2) is 7.23. The SMILES string of the molecule is Cc1ccc(CC(C)(C)NC(=O)C2CCN(S(C)(=O)=O)CC2)cc1. The standard InChI is InChI=1S/C18H28N2O3S/c1-14-5-7-15(8-6-14)13-18(2,3)19-17(21)16-9-11-20(12-10-16)24(4,22)23/h5-8,16H,9-13H2,1-4H3,(H,19,21). The lowest BCUT2D eigenvalue weighted by molar-refractivity contribution is -0.127. The van der Waals surface area contributed by atoms with E-state index in [9.17, 15) is 13.2 Å². The molecule has 1 aliphatic heterocycles. The first kappa shape index (κ1) is 18.9. The largest absolute Gasteiger partial charge is 0.351 e. The Labute approximate surface area is 145 Å². The van der Waals surface area contributed by atoms with Crippen LogP contribution in [-0.2, 0) is 21.2 Å². The van der Waals surface area contributed by atoms with Gasteiger partial charge in [-0.05, 0) is 45.6 Å². The zero-order valence-corrected chi connectivity index (χ0v) is 15.8. The molecule has 1 saturated heterocycles. The van der Waals surface area contributed by atoms with E-state index in [-0.39, 0.29) is 17.4 Å². The van der Waals surface area contributed by atoms with Crippen LogP contribution >= 0.6 is 0 Å². The van der Waals surface area contributed by atoms with Gasteiger partial charge in [-0.25, -0.2) is 12.7 Å². The molecule has 1 heterocycles. The summed E-state index contributed by atoms with van der Waals surface area (Å²) >= 11 is 0. The van der Waals surface area contributed by atoms with Gasteiger partial charge in [-0.15, -0.1) is 0 Å². The monoisotopic (exact) mass is 352 g/mol. The highest BCUT2D eigenvalue weighted by atomic mass is 32.2. The highest BCUT2D eigenvalue weighted by molar-refractivity contribution is 7.88. The number of rotatable bonds is 5. The van der Waals surface area contributed by atoms with Crippen molar-refractivity contribution in [2.45, 2.75) is 45.6 Å². The van der Waals surface area contributed by atoms with Crippen molar-refractivity contribution in [3.05, 3.63) is 35.4 Å². The van der Waals surface area contributed by atoms with Crippen molar-refractivity contribution in [1.29, 1.82) is 0 Å². The van der Waals surface area contributed by atoms with Crippen LogP contribution < -0.4 is 5.32 Å². The first-order valence-electron chi connectivity index (χ1n) is 8.39. The third-order valence-electron chi connectivity index (χ3n) is 4.52. The van der Waals surface area contributed by atoms with E-state index < -0.39 is 10.0 Å². The van der Waals surface area contributed by atoms with Crippen molar-refractivity contribution in [1.82, 2.24) is 9.62 Å². The van der Waals surface area contributed by atoms with Crippen LogP contribution in [-0.4, -0.2) is 43.5 Å². The lowest BCUT2D eigenvalue weighted by Crippen LogP contribution is -2.50. The predicted molar refractivity (Wildman–Crippen MR) is 96.2 cm³/mol. The zero-order valence-electron chi connectivity index (χ0n) is 15.0. The first-order valence-corrected chi connectivity index (χ1v) is 10.2. The number of hydrogen-bond acceptors (Lipinski definition) is 3. The Hall–Kier alpha value is -1.40. The maximum absolute atomic E-state index is 12.5. The molecule has 0 radical (unpaired) electrons. The fraction of sp³-hybridized carbons (Fsp3) is 0.611. The van der Waals surface area contributed by atoms with Crippen molar-refractivity contribution in [3.63, 3.8) is 0 Å². The third kappa shape index (κ3) is 5.31. The van der Waals surface area contributed by atoms with Crippen LogP contribution in [0, 0.1) is 12.8 Å². The molecule has 1 aliphatic rings. The number of sulfonamides is 1. The number of amides is 1. The summed E-state index contributed by atoms with van der Waals surface area (Å²) in [4.78, 5) is 12.5. The average Bonchev–Trinajstić information content (AvgIpc) is 2.48. The molecule has 0 saturated carbocycles. The van der Waals surface area contributed by atoms with E-state index in [1.54, 1.807) is 0 Å². The zero-order chi connectivity index (χ0) is 18.0. The fourth-order valence-electron chi connectivity index (χ4n) is 3.15.